The lowest BCUT2D eigenvalue weighted by molar-refractivity contribution is -0.120. The van der Waals surface area contributed by atoms with E-state index in [1.54, 1.807) is 0 Å². The van der Waals surface area contributed by atoms with Crippen molar-refractivity contribution < 1.29 is 4.79 Å². The van der Waals surface area contributed by atoms with Gasteiger partial charge >= 0.3 is 0 Å². The standard InChI is InChI=1S/C11H18N4O/c1-8-5-10(15-14-8)6-11(16)13-7-9-3-2-4-12-9/h5,9,12H,2-4,6-7H2,1H3,(H,13,16)(H,14,15). The van der Waals surface area contributed by atoms with Gasteiger partial charge in [0.15, 0.2) is 0 Å². The molecule has 5 heteroatoms. The maximum absolute atomic E-state index is 11.6. The summed E-state index contributed by atoms with van der Waals surface area (Å²) >= 11 is 0. The summed E-state index contributed by atoms with van der Waals surface area (Å²) in [5.74, 6) is 0.0419. The molecule has 16 heavy (non-hydrogen) atoms. The lowest BCUT2D eigenvalue weighted by Gasteiger charge is -2.10. The van der Waals surface area contributed by atoms with Gasteiger partial charge in [-0.15, -0.1) is 0 Å². The minimum Gasteiger partial charge on any atom is -0.354 e. The molecule has 1 fully saturated rings. The van der Waals surface area contributed by atoms with Gasteiger partial charge in [0.2, 0.25) is 5.91 Å². The third-order valence-corrected chi connectivity index (χ3v) is 2.81. The highest BCUT2D eigenvalue weighted by Crippen LogP contribution is 2.03. The second kappa shape index (κ2) is 5.12. The molecule has 0 spiro atoms. The first kappa shape index (κ1) is 11.1. The van der Waals surface area contributed by atoms with E-state index in [0.29, 0.717) is 12.5 Å². The van der Waals surface area contributed by atoms with E-state index in [-0.39, 0.29) is 5.91 Å². The number of carbonyl (C=O) groups is 1. The van der Waals surface area contributed by atoms with Crippen molar-refractivity contribution in [3.63, 3.8) is 0 Å². The highest BCUT2D eigenvalue weighted by atomic mass is 16.1. The summed E-state index contributed by atoms with van der Waals surface area (Å²) in [6, 6.07) is 2.35. The monoisotopic (exact) mass is 222 g/mol. The van der Waals surface area contributed by atoms with Crippen LogP contribution < -0.4 is 10.6 Å². The molecule has 88 valence electrons. The third-order valence-electron chi connectivity index (χ3n) is 2.81. The van der Waals surface area contributed by atoms with Gasteiger partial charge in [-0.25, -0.2) is 0 Å². The van der Waals surface area contributed by atoms with Gasteiger partial charge < -0.3 is 10.6 Å². The van der Waals surface area contributed by atoms with Gasteiger partial charge in [0, 0.05) is 18.3 Å². The molecule has 0 saturated carbocycles. The summed E-state index contributed by atoms with van der Waals surface area (Å²) in [6.45, 7) is 3.72. The topological polar surface area (TPSA) is 69.8 Å². The molecule has 0 radical (unpaired) electrons. The molecule has 1 aromatic heterocycles. The van der Waals surface area contributed by atoms with Gasteiger partial charge in [-0.3, -0.25) is 9.89 Å². The van der Waals surface area contributed by atoms with Crippen molar-refractivity contribution in [3.05, 3.63) is 17.5 Å². The van der Waals surface area contributed by atoms with E-state index in [2.05, 4.69) is 20.8 Å². The number of aryl methyl sites for hydroxylation is 1. The molecule has 1 aliphatic rings. The zero-order valence-electron chi connectivity index (χ0n) is 9.55. The third kappa shape index (κ3) is 3.06. The number of nitrogens with zero attached hydrogens (tertiary/aromatic N) is 1. The average Bonchev–Trinajstić information content (AvgIpc) is 2.87. The highest BCUT2D eigenvalue weighted by molar-refractivity contribution is 5.78. The summed E-state index contributed by atoms with van der Waals surface area (Å²) in [5, 5.41) is 13.1. The van der Waals surface area contributed by atoms with Crippen LogP contribution in [0.2, 0.25) is 0 Å². The van der Waals surface area contributed by atoms with Gasteiger partial charge in [-0.2, -0.15) is 5.10 Å². The number of aromatic amines is 1. The quantitative estimate of drug-likeness (QED) is 0.678. The van der Waals surface area contributed by atoms with Gasteiger partial charge in [-0.05, 0) is 32.4 Å². The van der Waals surface area contributed by atoms with E-state index in [9.17, 15) is 4.79 Å². The van der Waals surface area contributed by atoms with Crippen LogP contribution in [0.25, 0.3) is 0 Å². The van der Waals surface area contributed by atoms with Gasteiger partial charge in [-0.1, -0.05) is 0 Å². The minimum atomic E-state index is 0.0419. The molecule has 0 aromatic carbocycles. The van der Waals surface area contributed by atoms with Crippen LogP contribution in [-0.2, 0) is 11.2 Å². The van der Waals surface area contributed by atoms with Crippen molar-refractivity contribution in [2.75, 3.05) is 13.1 Å². The van der Waals surface area contributed by atoms with Crippen LogP contribution in [0.3, 0.4) is 0 Å². The Labute approximate surface area is 95.0 Å². The van der Waals surface area contributed by atoms with Crippen LogP contribution in [0, 0.1) is 6.92 Å². The molecular formula is C11H18N4O. The molecule has 1 saturated heterocycles. The fraction of sp³-hybridized carbons (Fsp3) is 0.636. The molecule has 0 aliphatic carbocycles. The Morgan fingerprint density at radius 3 is 3.19 bits per heavy atom. The number of amides is 1. The first-order valence-electron chi connectivity index (χ1n) is 5.75. The van der Waals surface area contributed by atoms with E-state index in [1.165, 1.54) is 6.42 Å². The van der Waals surface area contributed by atoms with Crippen molar-refractivity contribution >= 4 is 5.91 Å². The first-order chi connectivity index (χ1) is 7.74. The molecule has 3 N–H and O–H groups in total. The molecule has 1 unspecified atom stereocenters. The molecule has 2 heterocycles. The minimum absolute atomic E-state index is 0.0419. The van der Waals surface area contributed by atoms with Gasteiger partial charge in [0.25, 0.3) is 0 Å². The lowest BCUT2D eigenvalue weighted by Crippen LogP contribution is -2.37. The maximum Gasteiger partial charge on any atom is 0.226 e. The largest absolute Gasteiger partial charge is 0.354 e. The van der Waals surface area contributed by atoms with E-state index < -0.39 is 0 Å². The van der Waals surface area contributed by atoms with Crippen molar-refractivity contribution in [2.24, 2.45) is 0 Å². The van der Waals surface area contributed by atoms with Crippen LogP contribution in [0.5, 0.6) is 0 Å². The lowest BCUT2D eigenvalue weighted by atomic mass is 10.2. The summed E-state index contributed by atoms with van der Waals surface area (Å²) in [4.78, 5) is 11.6. The van der Waals surface area contributed by atoms with Crippen LogP contribution in [0.4, 0.5) is 0 Å². The molecule has 2 rings (SSSR count). The van der Waals surface area contributed by atoms with Crippen LogP contribution in [-0.4, -0.2) is 35.2 Å². The Morgan fingerprint density at radius 1 is 1.69 bits per heavy atom. The summed E-state index contributed by atoms with van der Waals surface area (Å²) in [6.07, 6.45) is 2.72. The smallest absolute Gasteiger partial charge is 0.226 e. The molecule has 5 nitrogen and oxygen atoms in total. The van der Waals surface area contributed by atoms with Gasteiger partial charge in [0.1, 0.15) is 0 Å². The van der Waals surface area contributed by atoms with Gasteiger partial charge in [0.05, 0.1) is 12.1 Å². The van der Waals surface area contributed by atoms with Crippen molar-refractivity contribution in [1.29, 1.82) is 0 Å². The Balaban J connectivity index is 1.71. The predicted octanol–water partition coefficient (Wildman–Crippen LogP) is 0.129. The summed E-state index contributed by atoms with van der Waals surface area (Å²) < 4.78 is 0. The average molecular weight is 222 g/mol. The van der Waals surface area contributed by atoms with E-state index in [0.717, 1.165) is 30.9 Å². The zero-order chi connectivity index (χ0) is 11.4. The molecule has 1 aliphatic heterocycles. The number of rotatable bonds is 4. The van der Waals surface area contributed by atoms with E-state index in [1.807, 2.05) is 13.0 Å². The van der Waals surface area contributed by atoms with E-state index >= 15 is 0 Å². The highest BCUT2D eigenvalue weighted by Gasteiger charge is 2.14. The Hall–Kier alpha value is -1.36. The van der Waals surface area contributed by atoms with Crippen molar-refractivity contribution in [1.82, 2.24) is 20.8 Å². The maximum atomic E-state index is 11.6. The summed E-state index contributed by atoms with van der Waals surface area (Å²) in [7, 11) is 0. The number of hydrogen-bond donors (Lipinski definition) is 3. The second-order valence-electron chi connectivity index (χ2n) is 4.32. The second-order valence-corrected chi connectivity index (χ2v) is 4.32. The number of nitrogens with one attached hydrogen (secondary N) is 3. The molecule has 0 bridgehead atoms. The summed E-state index contributed by atoms with van der Waals surface area (Å²) in [5.41, 5.74) is 1.79. The van der Waals surface area contributed by atoms with Crippen LogP contribution >= 0.6 is 0 Å². The number of hydrogen-bond acceptors (Lipinski definition) is 3. The first-order valence-corrected chi connectivity index (χ1v) is 5.75. The Kier molecular flexibility index (Phi) is 3.56. The zero-order valence-corrected chi connectivity index (χ0v) is 9.55. The van der Waals surface area contributed by atoms with Crippen molar-refractivity contribution in [3.8, 4) is 0 Å². The Morgan fingerprint density at radius 2 is 2.56 bits per heavy atom. The van der Waals surface area contributed by atoms with E-state index in [4.69, 9.17) is 0 Å². The van der Waals surface area contributed by atoms with Crippen LogP contribution in [0.1, 0.15) is 24.2 Å². The molecule has 1 aromatic rings. The molecule has 1 atom stereocenters. The molecular weight excluding hydrogens is 204 g/mol. The number of aromatic nitrogens is 2. The Bertz CT molecular complexity index is 355. The fourth-order valence-corrected chi connectivity index (χ4v) is 1.96. The van der Waals surface area contributed by atoms with Crippen molar-refractivity contribution in [2.45, 2.75) is 32.2 Å². The SMILES string of the molecule is Cc1cc(CC(=O)NCC2CCCN2)n[nH]1. The predicted molar refractivity (Wildman–Crippen MR) is 61.1 cm³/mol. The normalized spacial score (nSPS) is 19.9. The number of H-pyrrole nitrogens is 1. The number of carbonyl (C=O) groups excluding carboxylic acids is 1. The molecule has 1 amide bonds. The fourth-order valence-electron chi connectivity index (χ4n) is 1.96. The van der Waals surface area contributed by atoms with Crippen LogP contribution in [0.15, 0.2) is 6.07 Å².